The molecule has 1 fully saturated rings. The second kappa shape index (κ2) is 10.6. The second-order valence-electron chi connectivity index (χ2n) is 15.0. The zero-order valence-corrected chi connectivity index (χ0v) is 28.9. The number of halogens is 4. The van der Waals surface area contributed by atoms with E-state index in [-0.39, 0.29) is 16.6 Å². The monoisotopic (exact) mass is 699 g/mol. The van der Waals surface area contributed by atoms with Gasteiger partial charge in [-0.25, -0.2) is 0 Å². The summed E-state index contributed by atoms with van der Waals surface area (Å²) in [7, 11) is -2.12. The normalized spacial score (nSPS) is 26.7. The van der Waals surface area contributed by atoms with Crippen LogP contribution in [0.15, 0.2) is 24.3 Å². The molecule has 226 valence electrons. The minimum absolute atomic E-state index is 0.0429. The fourth-order valence-corrected chi connectivity index (χ4v) is 8.62. The van der Waals surface area contributed by atoms with Crippen LogP contribution in [0.4, 0.5) is 13.2 Å². The van der Waals surface area contributed by atoms with Crippen LogP contribution in [0.25, 0.3) is 0 Å². The lowest BCUT2D eigenvalue weighted by atomic mass is 9.70. The Morgan fingerprint density at radius 1 is 1.00 bits per heavy atom. The number of alkyl halides is 4. The van der Waals surface area contributed by atoms with Crippen LogP contribution in [0.1, 0.15) is 131 Å². The number of nitrogens with zero attached hydrogens (tertiary/aromatic N) is 1. The summed E-state index contributed by atoms with van der Waals surface area (Å²) in [5.74, 6) is 0.379. The summed E-state index contributed by atoms with van der Waals surface area (Å²) in [6, 6.07) is 5.57. The van der Waals surface area contributed by atoms with Gasteiger partial charge in [0.25, 0.3) is 0 Å². The van der Waals surface area contributed by atoms with Crippen LogP contribution >= 0.6 is 22.6 Å². The maximum Gasteiger partial charge on any atom is 0.416 e. The van der Waals surface area contributed by atoms with Gasteiger partial charge in [0.2, 0.25) is 0 Å². The van der Waals surface area contributed by atoms with E-state index in [9.17, 15) is 13.2 Å². The van der Waals surface area contributed by atoms with Crippen molar-refractivity contribution in [1.82, 2.24) is 4.98 Å². The first-order valence-electron chi connectivity index (χ1n) is 15.0. The van der Waals surface area contributed by atoms with Crippen molar-refractivity contribution in [2.24, 2.45) is 5.41 Å². The van der Waals surface area contributed by atoms with Gasteiger partial charge in [0, 0.05) is 21.2 Å². The molecule has 3 aliphatic rings. The standard InChI is InChI=1S/C33H45F3INO2Si/c1-30(2,3)41(7,8)40-24-18-31(4,5)17-23-26(24)25(20-11-9-10-12-20)27-28(39-32(6,19-37)29(27)38-23)21-13-15-22(16-14-21)33(34,35)36/h13-16,20,24,28H,9-12,17-19H2,1-8H3. The highest BCUT2D eigenvalue weighted by atomic mass is 127. The van der Waals surface area contributed by atoms with E-state index in [4.69, 9.17) is 14.1 Å². The highest BCUT2D eigenvalue weighted by Crippen LogP contribution is 2.57. The SMILES string of the molecule is CC1(C)Cc2nc3c(c(C4CCCC4)c2C(O[Si](C)(C)C(C)(C)C)C1)C(c1ccc(C(F)(F)F)cc1)OC3(C)CI. The lowest BCUT2D eigenvalue weighted by molar-refractivity contribution is -0.137. The van der Waals surface area contributed by atoms with Gasteiger partial charge in [-0.2, -0.15) is 13.2 Å². The minimum Gasteiger partial charge on any atom is -0.410 e. The van der Waals surface area contributed by atoms with Crippen molar-refractivity contribution in [2.45, 2.75) is 128 Å². The highest BCUT2D eigenvalue weighted by Gasteiger charge is 2.50. The molecule has 0 radical (unpaired) electrons. The van der Waals surface area contributed by atoms with Crippen molar-refractivity contribution in [3.63, 3.8) is 0 Å². The number of benzene rings is 1. The molecule has 1 aromatic carbocycles. The third kappa shape index (κ3) is 5.80. The largest absolute Gasteiger partial charge is 0.416 e. The third-order valence-electron chi connectivity index (χ3n) is 10.0. The fourth-order valence-electron chi connectivity index (χ4n) is 6.81. The summed E-state index contributed by atoms with van der Waals surface area (Å²) in [5.41, 5.74) is 5.34. The topological polar surface area (TPSA) is 31.4 Å². The molecule has 2 heterocycles. The van der Waals surface area contributed by atoms with Crippen LogP contribution in [0.5, 0.6) is 0 Å². The molecule has 1 aliphatic heterocycles. The van der Waals surface area contributed by atoms with Crippen LogP contribution in [0.3, 0.4) is 0 Å². The Morgan fingerprint density at radius 2 is 1.61 bits per heavy atom. The molecule has 5 rings (SSSR count). The number of rotatable bonds is 5. The van der Waals surface area contributed by atoms with Crippen molar-refractivity contribution in [3.8, 4) is 0 Å². The lowest BCUT2D eigenvalue weighted by Gasteiger charge is -2.45. The molecule has 2 aromatic rings. The summed E-state index contributed by atoms with van der Waals surface area (Å²) in [5, 5.41) is 0.0676. The van der Waals surface area contributed by atoms with Gasteiger partial charge in [0.1, 0.15) is 11.7 Å². The molecule has 8 heteroatoms. The number of fused-ring (bicyclic) bond motifs is 2. The van der Waals surface area contributed by atoms with E-state index in [1.807, 2.05) is 0 Å². The van der Waals surface area contributed by atoms with E-state index in [0.717, 1.165) is 48.2 Å². The predicted octanol–water partition coefficient (Wildman–Crippen LogP) is 10.6. The van der Waals surface area contributed by atoms with E-state index in [1.165, 1.54) is 36.1 Å². The molecule has 41 heavy (non-hydrogen) atoms. The van der Waals surface area contributed by atoms with Gasteiger partial charge < -0.3 is 9.16 Å². The first-order valence-corrected chi connectivity index (χ1v) is 19.5. The predicted molar refractivity (Wildman–Crippen MR) is 169 cm³/mol. The van der Waals surface area contributed by atoms with Gasteiger partial charge in [0.05, 0.1) is 17.4 Å². The Kier molecular flexibility index (Phi) is 8.12. The van der Waals surface area contributed by atoms with Crippen molar-refractivity contribution in [3.05, 3.63) is 63.5 Å². The molecule has 0 saturated heterocycles. The molecule has 1 saturated carbocycles. The van der Waals surface area contributed by atoms with E-state index in [0.29, 0.717) is 10.3 Å². The summed E-state index contributed by atoms with van der Waals surface area (Å²) >= 11 is 2.37. The lowest BCUT2D eigenvalue weighted by Crippen LogP contribution is -2.44. The van der Waals surface area contributed by atoms with Gasteiger partial charge >= 0.3 is 6.18 Å². The van der Waals surface area contributed by atoms with Gasteiger partial charge in [-0.3, -0.25) is 4.98 Å². The van der Waals surface area contributed by atoms with Gasteiger partial charge in [-0.1, -0.05) is 82.2 Å². The Morgan fingerprint density at radius 3 is 2.15 bits per heavy atom. The number of hydrogen-bond donors (Lipinski definition) is 0. The van der Waals surface area contributed by atoms with E-state index in [2.05, 4.69) is 77.2 Å². The van der Waals surface area contributed by atoms with Crippen molar-refractivity contribution >= 4 is 30.9 Å². The van der Waals surface area contributed by atoms with Gasteiger partial charge in [0.15, 0.2) is 8.32 Å². The van der Waals surface area contributed by atoms with Crippen molar-refractivity contribution in [1.29, 1.82) is 0 Å². The number of ether oxygens (including phenoxy) is 1. The number of aromatic nitrogens is 1. The molecule has 0 N–H and O–H groups in total. The third-order valence-corrected chi connectivity index (χ3v) is 16.0. The second-order valence-corrected chi connectivity index (χ2v) is 20.5. The van der Waals surface area contributed by atoms with Gasteiger partial charge in [-0.05, 0) is 85.3 Å². The molecular formula is C33H45F3INO2Si. The zero-order chi connectivity index (χ0) is 30.2. The van der Waals surface area contributed by atoms with E-state index >= 15 is 0 Å². The van der Waals surface area contributed by atoms with Gasteiger partial charge in [-0.15, -0.1) is 0 Å². The molecule has 0 spiro atoms. The Bertz CT molecular complexity index is 1300. The molecule has 3 nitrogen and oxygen atoms in total. The molecule has 1 aromatic heterocycles. The fraction of sp³-hybridized carbons (Fsp3) is 0.667. The van der Waals surface area contributed by atoms with Crippen LogP contribution in [0, 0.1) is 5.41 Å². The Hall–Kier alpha value is -0.973. The molecule has 0 amide bonds. The smallest absolute Gasteiger partial charge is 0.410 e. The van der Waals surface area contributed by atoms with Crippen LogP contribution in [0.2, 0.25) is 18.1 Å². The minimum atomic E-state index is -4.37. The molecule has 3 unspecified atom stereocenters. The maximum atomic E-state index is 13.4. The Balaban J connectivity index is 1.75. The maximum absolute atomic E-state index is 13.4. The van der Waals surface area contributed by atoms with Crippen LogP contribution < -0.4 is 0 Å². The van der Waals surface area contributed by atoms with E-state index in [1.54, 1.807) is 12.1 Å². The van der Waals surface area contributed by atoms with Crippen LogP contribution in [-0.2, 0) is 27.4 Å². The highest BCUT2D eigenvalue weighted by molar-refractivity contribution is 14.1. The summed E-state index contributed by atoms with van der Waals surface area (Å²) in [6.07, 6.45) is 1.53. The number of hydrogen-bond acceptors (Lipinski definition) is 3. The first kappa shape index (κ1) is 31.5. The Labute approximate surface area is 258 Å². The molecule has 3 atom stereocenters. The van der Waals surface area contributed by atoms with E-state index < -0.39 is 31.8 Å². The number of pyridine rings is 1. The molecule has 2 aliphatic carbocycles. The quantitative estimate of drug-likeness (QED) is 0.177. The first-order chi connectivity index (χ1) is 18.9. The average Bonchev–Trinajstić information content (AvgIpc) is 3.48. The van der Waals surface area contributed by atoms with Crippen molar-refractivity contribution < 1.29 is 22.3 Å². The van der Waals surface area contributed by atoms with Crippen LogP contribution in [-0.4, -0.2) is 17.7 Å². The zero-order valence-electron chi connectivity index (χ0n) is 25.8. The molecular weight excluding hydrogens is 654 g/mol. The summed E-state index contributed by atoms with van der Waals surface area (Å²) in [4.78, 5) is 5.45. The molecule has 0 bridgehead atoms. The summed E-state index contributed by atoms with van der Waals surface area (Å²) in [6.45, 7) is 18.2. The summed E-state index contributed by atoms with van der Waals surface area (Å²) < 4.78 is 55.2. The average molecular weight is 700 g/mol. The van der Waals surface area contributed by atoms with Crippen molar-refractivity contribution in [2.75, 3.05) is 4.43 Å².